The van der Waals surface area contributed by atoms with Crippen LogP contribution in [0.3, 0.4) is 0 Å². The molecular formula is C4H2O5S. The third-order valence-corrected chi connectivity index (χ3v) is 1.74. The Hall–Kier alpha value is -1.17. The Bertz CT molecular complexity index is 321. The zero-order valence-electron chi connectivity index (χ0n) is 4.60. The highest BCUT2D eigenvalue weighted by Crippen LogP contribution is 2.35. The molecule has 0 saturated heterocycles. The summed E-state index contributed by atoms with van der Waals surface area (Å²) in [6, 6.07) is 0. The van der Waals surface area contributed by atoms with Gasteiger partial charge in [0.1, 0.15) is 12.5 Å². The molecule has 10 heavy (non-hydrogen) atoms. The van der Waals surface area contributed by atoms with E-state index in [1.165, 1.54) is 0 Å². The third-order valence-electron chi connectivity index (χ3n) is 0.977. The van der Waals surface area contributed by atoms with Crippen molar-refractivity contribution in [3.05, 3.63) is 12.5 Å². The predicted molar refractivity (Wildman–Crippen MR) is 28.9 cm³/mol. The van der Waals surface area contributed by atoms with Gasteiger partial charge in [-0.15, -0.1) is 8.42 Å². The molecule has 2 heterocycles. The summed E-state index contributed by atoms with van der Waals surface area (Å²) >= 11 is 0. The van der Waals surface area contributed by atoms with Crippen LogP contribution in [0.1, 0.15) is 0 Å². The Kier molecular flexibility index (Phi) is 0.817. The van der Waals surface area contributed by atoms with Gasteiger partial charge in [0.15, 0.2) is 0 Å². The normalized spacial score (nSPS) is 19.2. The van der Waals surface area contributed by atoms with Crippen molar-refractivity contribution >= 4 is 10.4 Å². The van der Waals surface area contributed by atoms with E-state index in [4.69, 9.17) is 0 Å². The van der Waals surface area contributed by atoms with Gasteiger partial charge >= 0.3 is 10.4 Å². The van der Waals surface area contributed by atoms with Gasteiger partial charge in [0, 0.05) is 0 Å². The lowest BCUT2D eigenvalue weighted by Gasteiger charge is -1.88. The van der Waals surface area contributed by atoms with Gasteiger partial charge in [-0.25, -0.2) is 0 Å². The molecule has 0 fully saturated rings. The van der Waals surface area contributed by atoms with E-state index in [0.717, 1.165) is 12.5 Å². The standard InChI is InChI=1S/C4H2O5S/c5-10(6)8-3-1-7-2-4(3)9-10/h1-2H. The summed E-state index contributed by atoms with van der Waals surface area (Å²) in [5.74, 6) is 0.194. The SMILES string of the molecule is O=S1(=O)Oc2cocc2O1. The van der Waals surface area contributed by atoms with E-state index >= 15 is 0 Å². The molecule has 1 aromatic rings. The van der Waals surface area contributed by atoms with Crippen molar-refractivity contribution in [2.24, 2.45) is 0 Å². The largest absolute Gasteiger partial charge is 0.501 e. The molecule has 2 rings (SSSR count). The third kappa shape index (κ3) is 0.655. The number of fused-ring (bicyclic) bond motifs is 1. The van der Waals surface area contributed by atoms with Gasteiger partial charge in [-0.3, -0.25) is 0 Å². The van der Waals surface area contributed by atoms with E-state index in [-0.39, 0.29) is 11.5 Å². The molecule has 0 aromatic carbocycles. The molecule has 1 aliphatic rings. The van der Waals surface area contributed by atoms with Crippen molar-refractivity contribution in [3.8, 4) is 11.5 Å². The molecule has 0 unspecified atom stereocenters. The van der Waals surface area contributed by atoms with Crippen LogP contribution in [-0.2, 0) is 10.4 Å². The molecule has 0 saturated carbocycles. The van der Waals surface area contributed by atoms with Crippen LogP contribution in [0.4, 0.5) is 0 Å². The molecule has 1 aromatic heterocycles. The van der Waals surface area contributed by atoms with Crippen molar-refractivity contribution in [2.75, 3.05) is 0 Å². The topological polar surface area (TPSA) is 65.7 Å². The molecule has 0 atom stereocenters. The second kappa shape index (κ2) is 1.46. The van der Waals surface area contributed by atoms with Gasteiger partial charge in [0.05, 0.1) is 0 Å². The van der Waals surface area contributed by atoms with Gasteiger partial charge in [-0.05, 0) is 0 Å². The van der Waals surface area contributed by atoms with E-state index in [1.807, 2.05) is 0 Å². The Morgan fingerprint density at radius 2 is 1.60 bits per heavy atom. The summed E-state index contributed by atoms with van der Waals surface area (Å²) in [7, 11) is -3.82. The minimum atomic E-state index is -3.82. The molecule has 0 bridgehead atoms. The molecule has 0 aliphatic carbocycles. The summed E-state index contributed by atoms with van der Waals surface area (Å²) in [4.78, 5) is 0. The van der Waals surface area contributed by atoms with Crippen LogP contribution in [0, 0.1) is 0 Å². The Morgan fingerprint density at radius 1 is 1.10 bits per heavy atom. The van der Waals surface area contributed by atoms with Crippen molar-refractivity contribution in [2.45, 2.75) is 0 Å². The van der Waals surface area contributed by atoms with Crippen molar-refractivity contribution in [1.82, 2.24) is 0 Å². The van der Waals surface area contributed by atoms with E-state index in [9.17, 15) is 8.42 Å². The first kappa shape index (κ1) is 5.60. The maximum atomic E-state index is 10.5. The first-order valence-corrected chi connectivity index (χ1v) is 3.71. The molecular weight excluding hydrogens is 160 g/mol. The van der Waals surface area contributed by atoms with E-state index < -0.39 is 10.4 Å². The van der Waals surface area contributed by atoms with Crippen LogP contribution in [0.2, 0.25) is 0 Å². The summed E-state index contributed by atoms with van der Waals surface area (Å²) in [6.07, 6.45) is 2.31. The van der Waals surface area contributed by atoms with E-state index in [2.05, 4.69) is 12.8 Å². The minimum absolute atomic E-state index is 0.0972. The van der Waals surface area contributed by atoms with Crippen LogP contribution < -0.4 is 8.37 Å². The fourth-order valence-electron chi connectivity index (χ4n) is 0.632. The number of hydrogen-bond acceptors (Lipinski definition) is 5. The lowest BCUT2D eigenvalue weighted by Crippen LogP contribution is -2.08. The summed E-state index contributed by atoms with van der Waals surface area (Å²) < 4.78 is 34.1. The van der Waals surface area contributed by atoms with Crippen LogP contribution >= 0.6 is 0 Å². The highest BCUT2D eigenvalue weighted by molar-refractivity contribution is 7.82. The monoisotopic (exact) mass is 162 g/mol. The Labute approximate surface area is 56.5 Å². The summed E-state index contributed by atoms with van der Waals surface area (Å²) in [5.41, 5.74) is 0. The number of furan rings is 1. The Morgan fingerprint density at radius 3 is 2.10 bits per heavy atom. The molecule has 6 heteroatoms. The number of rotatable bonds is 0. The minimum Gasteiger partial charge on any atom is -0.464 e. The average Bonchev–Trinajstić information content (AvgIpc) is 2.20. The predicted octanol–water partition coefficient (Wildman–Crippen LogP) is 0.296. The second-order valence-electron chi connectivity index (χ2n) is 1.68. The summed E-state index contributed by atoms with van der Waals surface area (Å²) in [5, 5.41) is 0. The molecule has 1 aliphatic heterocycles. The summed E-state index contributed by atoms with van der Waals surface area (Å²) in [6.45, 7) is 0. The molecule has 0 N–H and O–H groups in total. The first-order chi connectivity index (χ1) is 4.67. The molecule has 5 nitrogen and oxygen atoms in total. The van der Waals surface area contributed by atoms with Crippen molar-refractivity contribution in [3.63, 3.8) is 0 Å². The highest BCUT2D eigenvalue weighted by Gasteiger charge is 2.29. The van der Waals surface area contributed by atoms with E-state index in [0.29, 0.717) is 0 Å². The fourth-order valence-corrected chi connectivity index (χ4v) is 1.35. The van der Waals surface area contributed by atoms with Crippen LogP contribution in [0.5, 0.6) is 11.5 Å². The zero-order valence-corrected chi connectivity index (χ0v) is 5.42. The quantitative estimate of drug-likeness (QED) is 0.548. The number of hydrogen-bond donors (Lipinski definition) is 0. The van der Waals surface area contributed by atoms with Crippen LogP contribution in [0.15, 0.2) is 16.9 Å². The molecule has 0 spiro atoms. The maximum Gasteiger partial charge on any atom is 0.501 e. The molecule has 54 valence electrons. The molecule has 0 amide bonds. The van der Waals surface area contributed by atoms with Crippen molar-refractivity contribution in [1.29, 1.82) is 0 Å². The van der Waals surface area contributed by atoms with Crippen LogP contribution in [-0.4, -0.2) is 8.42 Å². The average molecular weight is 162 g/mol. The van der Waals surface area contributed by atoms with Gasteiger partial charge in [0.25, 0.3) is 0 Å². The second-order valence-corrected chi connectivity index (χ2v) is 2.83. The maximum absolute atomic E-state index is 10.5. The van der Waals surface area contributed by atoms with Gasteiger partial charge in [-0.1, -0.05) is 0 Å². The smallest absolute Gasteiger partial charge is 0.464 e. The Balaban J connectivity index is 2.56. The fraction of sp³-hybridized carbons (Fsp3) is 0. The zero-order chi connectivity index (χ0) is 7.19. The highest BCUT2D eigenvalue weighted by atomic mass is 32.3. The van der Waals surface area contributed by atoms with Gasteiger partial charge in [0.2, 0.25) is 11.5 Å². The van der Waals surface area contributed by atoms with E-state index in [1.54, 1.807) is 0 Å². The van der Waals surface area contributed by atoms with Gasteiger partial charge < -0.3 is 12.8 Å². The molecule has 0 radical (unpaired) electrons. The lowest BCUT2D eigenvalue weighted by atomic mass is 10.6. The first-order valence-electron chi connectivity index (χ1n) is 2.37. The lowest BCUT2D eigenvalue weighted by molar-refractivity contribution is 0.420. The van der Waals surface area contributed by atoms with Gasteiger partial charge in [-0.2, -0.15) is 0 Å². The van der Waals surface area contributed by atoms with Crippen molar-refractivity contribution < 1.29 is 21.2 Å². The van der Waals surface area contributed by atoms with Crippen LogP contribution in [0.25, 0.3) is 0 Å².